The van der Waals surface area contributed by atoms with Gasteiger partial charge in [-0.2, -0.15) is 0 Å². The largest absolute Gasteiger partial charge is 0.785 e. The maximum atomic E-state index is 12.0. The molecule has 1 fully saturated rings. The van der Waals surface area contributed by atoms with Crippen molar-refractivity contribution < 1.29 is 4.79 Å². The Morgan fingerprint density at radius 1 is 1.23 bits per heavy atom. The SMILES string of the molecule is CCCN(CCN(C)[O-])c1cc(N=C(N)/C=C(/C)N)nc(Sc2ccc(NC(=O)C3CC3)cc2)n1. The fourth-order valence-corrected chi connectivity index (χ4v) is 4.00. The number of nitrogens with zero attached hydrogens (tertiary/aromatic N) is 5. The van der Waals surface area contributed by atoms with Crippen molar-refractivity contribution in [1.82, 2.24) is 15.0 Å². The first-order chi connectivity index (χ1) is 16.7. The molecule has 1 aliphatic carbocycles. The number of nitrogens with two attached hydrogens (primary N) is 2. The van der Waals surface area contributed by atoms with Crippen LogP contribution in [0.5, 0.6) is 0 Å². The Kier molecular flexibility index (Phi) is 9.47. The maximum absolute atomic E-state index is 12.0. The van der Waals surface area contributed by atoms with Crippen LogP contribution in [-0.2, 0) is 4.79 Å². The first-order valence-electron chi connectivity index (χ1n) is 11.6. The minimum Gasteiger partial charge on any atom is -0.785 e. The van der Waals surface area contributed by atoms with E-state index in [1.807, 2.05) is 29.2 Å². The number of allylic oxidation sites excluding steroid dienone is 1. The van der Waals surface area contributed by atoms with Gasteiger partial charge in [-0.3, -0.25) is 4.79 Å². The topological polar surface area (TPSA) is 149 Å². The van der Waals surface area contributed by atoms with E-state index in [1.54, 1.807) is 19.1 Å². The van der Waals surface area contributed by atoms with Gasteiger partial charge in [0, 0.05) is 47.9 Å². The Morgan fingerprint density at radius 2 is 1.94 bits per heavy atom. The van der Waals surface area contributed by atoms with Crippen molar-refractivity contribution in [3.05, 3.63) is 47.3 Å². The van der Waals surface area contributed by atoms with E-state index in [0.717, 1.165) is 41.5 Å². The molecule has 1 aromatic heterocycles. The Hall–Kier alpha value is -3.15. The van der Waals surface area contributed by atoms with Crippen LogP contribution < -0.4 is 21.7 Å². The summed E-state index contributed by atoms with van der Waals surface area (Å²) in [6.07, 6.45) is 4.38. The predicted octanol–water partition coefficient (Wildman–Crippen LogP) is 3.47. The van der Waals surface area contributed by atoms with Crippen LogP contribution in [0.4, 0.5) is 17.3 Å². The van der Waals surface area contributed by atoms with Crippen LogP contribution in [0, 0.1) is 11.1 Å². The molecule has 1 saturated carbocycles. The van der Waals surface area contributed by atoms with Gasteiger partial charge in [0.05, 0.1) is 0 Å². The average Bonchev–Trinajstić information content (AvgIpc) is 3.62. The van der Waals surface area contributed by atoms with E-state index < -0.39 is 0 Å². The number of hydroxylamine groups is 2. The Bertz CT molecular complexity index is 1060. The van der Waals surface area contributed by atoms with Crippen LogP contribution in [0.2, 0.25) is 0 Å². The number of rotatable bonds is 12. The summed E-state index contributed by atoms with van der Waals surface area (Å²) in [7, 11) is 1.50. The zero-order chi connectivity index (χ0) is 25.4. The third-order valence-electron chi connectivity index (χ3n) is 5.08. The van der Waals surface area contributed by atoms with Crippen LogP contribution in [0.3, 0.4) is 0 Å². The van der Waals surface area contributed by atoms with Gasteiger partial charge in [-0.15, -0.1) is 0 Å². The number of amides is 1. The molecule has 0 unspecified atom stereocenters. The van der Waals surface area contributed by atoms with Crippen molar-refractivity contribution in [2.24, 2.45) is 22.4 Å². The van der Waals surface area contributed by atoms with Gasteiger partial charge in [-0.25, -0.2) is 15.0 Å². The molecule has 0 spiro atoms. The zero-order valence-corrected chi connectivity index (χ0v) is 21.2. The summed E-state index contributed by atoms with van der Waals surface area (Å²) in [5, 5.41) is 15.8. The van der Waals surface area contributed by atoms with Crippen molar-refractivity contribution in [3.8, 4) is 0 Å². The molecule has 0 atom stereocenters. The maximum Gasteiger partial charge on any atom is 0.227 e. The number of aromatic nitrogens is 2. The quantitative estimate of drug-likeness (QED) is 0.173. The zero-order valence-electron chi connectivity index (χ0n) is 20.4. The molecule has 1 amide bonds. The summed E-state index contributed by atoms with van der Waals surface area (Å²) in [5.74, 6) is 1.53. The molecule has 11 heteroatoms. The van der Waals surface area contributed by atoms with Crippen LogP contribution in [0.15, 0.2) is 57.1 Å². The summed E-state index contributed by atoms with van der Waals surface area (Å²) >= 11 is 1.38. The number of carbonyl (C=O) groups is 1. The molecule has 10 nitrogen and oxygen atoms in total. The molecule has 1 heterocycles. The van der Waals surface area contributed by atoms with E-state index in [2.05, 4.69) is 22.2 Å². The molecule has 0 aliphatic heterocycles. The summed E-state index contributed by atoms with van der Waals surface area (Å²) in [6.45, 7) is 5.39. The van der Waals surface area contributed by atoms with Gasteiger partial charge in [-0.1, -0.05) is 6.92 Å². The van der Waals surface area contributed by atoms with E-state index in [9.17, 15) is 10.0 Å². The first kappa shape index (κ1) is 26.5. The molecular weight excluding hydrogens is 464 g/mol. The van der Waals surface area contributed by atoms with Crippen molar-refractivity contribution in [1.29, 1.82) is 0 Å². The van der Waals surface area contributed by atoms with Crippen molar-refractivity contribution in [2.45, 2.75) is 43.2 Å². The second-order valence-corrected chi connectivity index (χ2v) is 9.56. The summed E-state index contributed by atoms with van der Waals surface area (Å²) in [6, 6.07) is 9.32. The van der Waals surface area contributed by atoms with Gasteiger partial charge in [0.1, 0.15) is 11.7 Å². The number of amidine groups is 1. The normalized spacial score (nSPS) is 14.3. The number of anilines is 2. The number of hydrogen-bond acceptors (Lipinski definition) is 9. The fraction of sp³-hybridized carbons (Fsp3) is 0.417. The molecule has 0 radical (unpaired) electrons. The number of nitrogens with one attached hydrogen (secondary N) is 1. The number of aliphatic imine (C=N–C) groups is 1. The minimum atomic E-state index is 0.0723. The lowest BCUT2D eigenvalue weighted by atomic mass is 10.3. The molecule has 0 bridgehead atoms. The van der Waals surface area contributed by atoms with Gasteiger partial charge >= 0.3 is 0 Å². The number of carbonyl (C=O) groups excluding carboxylic acids is 1. The van der Waals surface area contributed by atoms with Gasteiger partial charge in [0.2, 0.25) is 5.91 Å². The number of benzene rings is 1. The van der Waals surface area contributed by atoms with Crippen molar-refractivity contribution >= 4 is 40.8 Å². The van der Waals surface area contributed by atoms with Crippen LogP contribution in [-0.4, -0.2) is 53.5 Å². The third-order valence-corrected chi connectivity index (χ3v) is 5.95. The first-order valence-corrected chi connectivity index (χ1v) is 12.4. The molecular formula is C24H33N8O2S-. The molecule has 35 heavy (non-hydrogen) atoms. The highest BCUT2D eigenvalue weighted by Gasteiger charge is 2.29. The van der Waals surface area contributed by atoms with E-state index in [4.69, 9.17) is 16.5 Å². The average molecular weight is 498 g/mol. The van der Waals surface area contributed by atoms with Crippen LogP contribution >= 0.6 is 11.8 Å². The fourth-order valence-electron chi connectivity index (χ4n) is 3.24. The highest BCUT2D eigenvalue weighted by atomic mass is 32.2. The second-order valence-electron chi connectivity index (χ2n) is 8.52. The molecule has 5 N–H and O–H groups in total. The molecule has 3 rings (SSSR count). The van der Waals surface area contributed by atoms with E-state index in [0.29, 0.717) is 35.6 Å². The number of likely N-dealkylation sites (N-methyl/N-ethyl adjacent to an activating group) is 1. The van der Waals surface area contributed by atoms with Crippen molar-refractivity contribution in [2.75, 3.05) is 36.9 Å². The monoisotopic (exact) mass is 497 g/mol. The lowest BCUT2D eigenvalue weighted by molar-refractivity contribution is -0.117. The van der Waals surface area contributed by atoms with E-state index in [-0.39, 0.29) is 17.7 Å². The predicted molar refractivity (Wildman–Crippen MR) is 142 cm³/mol. The van der Waals surface area contributed by atoms with Gasteiger partial charge < -0.3 is 32.0 Å². The van der Waals surface area contributed by atoms with Gasteiger partial charge in [0.25, 0.3) is 0 Å². The number of hydrogen-bond donors (Lipinski definition) is 3. The highest BCUT2D eigenvalue weighted by molar-refractivity contribution is 7.99. The molecule has 188 valence electrons. The smallest absolute Gasteiger partial charge is 0.227 e. The van der Waals surface area contributed by atoms with E-state index in [1.165, 1.54) is 18.8 Å². The molecule has 2 aromatic rings. The molecule has 1 aromatic carbocycles. The molecule has 0 saturated heterocycles. The van der Waals surface area contributed by atoms with Gasteiger partial charge in [0.15, 0.2) is 11.0 Å². The summed E-state index contributed by atoms with van der Waals surface area (Å²) in [5.41, 5.74) is 13.0. The summed E-state index contributed by atoms with van der Waals surface area (Å²) < 4.78 is 0. The lowest BCUT2D eigenvalue weighted by Gasteiger charge is -2.29. The minimum absolute atomic E-state index is 0.0723. The van der Waals surface area contributed by atoms with E-state index >= 15 is 0 Å². The Balaban J connectivity index is 1.86. The third kappa shape index (κ3) is 8.85. The highest BCUT2D eigenvalue weighted by Crippen LogP contribution is 2.32. The standard InChI is InChI=1S/C24H33N8O2S/c1-4-11-32(13-12-31(3)34)22-15-21(28-20(26)14-16(2)25)29-24(30-22)35-19-9-7-18(8-10-19)27-23(33)17-5-6-17/h7-10,14-15,17H,4-6,11-13,25H2,1-3H3,(H,27,33)(H2,26,28,29,30)/q-1/b16-14-. The molecule has 1 aliphatic rings. The Morgan fingerprint density at radius 3 is 2.54 bits per heavy atom. The summed E-state index contributed by atoms with van der Waals surface area (Å²) in [4.78, 5) is 28.6. The Labute approximate surface area is 210 Å². The van der Waals surface area contributed by atoms with Crippen LogP contribution in [0.25, 0.3) is 0 Å². The van der Waals surface area contributed by atoms with Crippen LogP contribution in [0.1, 0.15) is 33.1 Å². The van der Waals surface area contributed by atoms with Crippen molar-refractivity contribution in [3.63, 3.8) is 0 Å². The lowest BCUT2D eigenvalue weighted by Crippen LogP contribution is -2.32. The van der Waals surface area contributed by atoms with Gasteiger partial charge in [-0.05, 0) is 75.3 Å². The second kappa shape index (κ2) is 12.5.